The van der Waals surface area contributed by atoms with Gasteiger partial charge >= 0.3 is 0 Å². The summed E-state index contributed by atoms with van der Waals surface area (Å²) in [7, 11) is 0. The van der Waals surface area contributed by atoms with Crippen molar-refractivity contribution in [3.8, 4) is 11.8 Å². The van der Waals surface area contributed by atoms with E-state index in [1.807, 2.05) is 6.07 Å². The van der Waals surface area contributed by atoms with Crippen molar-refractivity contribution in [2.24, 2.45) is 0 Å². The number of nitrogens with zero attached hydrogens (tertiary/aromatic N) is 1. The second-order valence-electron chi connectivity index (χ2n) is 4.07. The number of phenols is 1. The Morgan fingerprint density at radius 2 is 2.05 bits per heavy atom. The highest BCUT2D eigenvalue weighted by Crippen LogP contribution is 2.14. The molecule has 1 amide bonds. The number of hydrogen-bond acceptors (Lipinski definition) is 4. The maximum absolute atomic E-state index is 11.9. The van der Waals surface area contributed by atoms with Gasteiger partial charge in [0.25, 0.3) is 5.91 Å². The monoisotopic (exact) mass is 280 g/mol. The van der Waals surface area contributed by atoms with Crippen LogP contribution in [0.4, 0.5) is 5.69 Å². The number of nitriles is 1. The quantitative estimate of drug-likeness (QED) is 0.390. The van der Waals surface area contributed by atoms with Gasteiger partial charge in [0.15, 0.2) is 0 Å². The van der Waals surface area contributed by atoms with Gasteiger partial charge in [-0.25, -0.2) is 0 Å². The van der Waals surface area contributed by atoms with Crippen LogP contribution in [0.3, 0.4) is 0 Å². The number of anilines is 1. The van der Waals surface area contributed by atoms with Crippen molar-refractivity contribution in [1.29, 1.82) is 5.26 Å². The zero-order valence-electron chi connectivity index (χ0n) is 11.0. The van der Waals surface area contributed by atoms with Gasteiger partial charge in [0.05, 0.1) is 6.26 Å². The van der Waals surface area contributed by atoms with Crippen LogP contribution in [0, 0.1) is 11.3 Å². The molecule has 5 nitrogen and oxygen atoms in total. The molecule has 2 rings (SSSR count). The van der Waals surface area contributed by atoms with Crippen LogP contribution in [0.2, 0.25) is 0 Å². The minimum absolute atomic E-state index is 0.0362. The van der Waals surface area contributed by atoms with E-state index in [2.05, 4.69) is 5.32 Å². The lowest BCUT2D eigenvalue weighted by molar-refractivity contribution is -0.112. The van der Waals surface area contributed by atoms with E-state index in [-0.39, 0.29) is 11.3 Å². The van der Waals surface area contributed by atoms with Crippen molar-refractivity contribution in [3.05, 3.63) is 66.1 Å². The van der Waals surface area contributed by atoms with Gasteiger partial charge in [-0.05, 0) is 48.6 Å². The molecule has 104 valence electrons. The highest BCUT2D eigenvalue weighted by atomic mass is 16.3. The van der Waals surface area contributed by atoms with Gasteiger partial charge in [-0.3, -0.25) is 4.79 Å². The van der Waals surface area contributed by atoms with E-state index in [4.69, 9.17) is 14.8 Å². The van der Waals surface area contributed by atoms with Crippen molar-refractivity contribution < 1.29 is 14.3 Å². The van der Waals surface area contributed by atoms with Crippen LogP contribution in [0.25, 0.3) is 6.08 Å². The molecular formula is C16H12N2O3. The fraction of sp³-hybridized carbons (Fsp3) is 0. The number of rotatable bonds is 4. The SMILES string of the molecule is N#C/C(=C\C=C\c1ccco1)C(=O)Nc1ccc(O)cc1. The molecule has 1 aromatic carbocycles. The molecule has 0 atom stereocenters. The van der Waals surface area contributed by atoms with Gasteiger partial charge in [0, 0.05) is 5.69 Å². The number of aromatic hydroxyl groups is 1. The molecule has 5 heteroatoms. The first-order chi connectivity index (χ1) is 10.2. The number of nitrogens with one attached hydrogen (secondary N) is 1. The lowest BCUT2D eigenvalue weighted by Gasteiger charge is -2.03. The number of allylic oxidation sites excluding steroid dienone is 2. The molecule has 1 aromatic heterocycles. The fourth-order valence-corrected chi connectivity index (χ4v) is 1.53. The summed E-state index contributed by atoms with van der Waals surface area (Å²) in [4.78, 5) is 11.9. The highest BCUT2D eigenvalue weighted by Gasteiger charge is 2.08. The van der Waals surface area contributed by atoms with Crippen molar-refractivity contribution in [1.82, 2.24) is 0 Å². The Bertz CT molecular complexity index is 705. The van der Waals surface area contributed by atoms with Gasteiger partial charge in [-0.2, -0.15) is 5.26 Å². The average molecular weight is 280 g/mol. The molecule has 2 aromatic rings. The van der Waals surface area contributed by atoms with Crippen LogP contribution in [0.1, 0.15) is 5.76 Å². The number of carbonyl (C=O) groups is 1. The maximum atomic E-state index is 11.9. The molecule has 0 spiro atoms. The third-order valence-electron chi connectivity index (χ3n) is 2.56. The lowest BCUT2D eigenvalue weighted by atomic mass is 10.2. The largest absolute Gasteiger partial charge is 0.508 e. The number of carbonyl (C=O) groups excluding carboxylic acids is 1. The zero-order chi connectivity index (χ0) is 15.1. The molecule has 2 N–H and O–H groups in total. The van der Waals surface area contributed by atoms with Gasteiger partial charge in [-0.15, -0.1) is 0 Å². The molecule has 1 heterocycles. The van der Waals surface area contributed by atoms with E-state index in [9.17, 15) is 4.79 Å². The maximum Gasteiger partial charge on any atom is 0.266 e. The lowest BCUT2D eigenvalue weighted by Crippen LogP contribution is -2.13. The van der Waals surface area contributed by atoms with Crippen molar-refractivity contribution in [3.63, 3.8) is 0 Å². The van der Waals surface area contributed by atoms with E-state index >= 15 is 0 Å². The summed E-state index contributed by atoms with van der Waals surface area (Å²) < 4.78 is 5.09. The van der Waals surface area contributed by atoms with Crippen LogP contribution >= 0.6 is 0 Å². The standard InChI is InChI=1S/C16H12N2O3/c17-11-12(3-1-4-15-5-2-10-21-15)16(20)18-13-6-8-14(19)9-7-13/h1-10,19H,(H,18,20)/b4-1+,12-3+. The summed E-state index contributed by atoms with van der Waals surface area (Å²) in [5.74, 6) is 0.209. The second-order valence-corrected chi connectivity index (χ2v) is 4.07. The van der Waals surface area contributed by atoms with E-state index in [1.165, 1.54) is 24.5 Å². The number of phenolic OH excluding ortho intramolecular Hbond substituents is 1. The van der Waals surface area contributed by atoms with Crippen LogP contribution in [-0.2, 0) is 4.79 Å². The number of hydrogen-bond donors (Lipinski definition) is 2. The molecule has 0 aliphatic carbocycles. The van der Waals surface area contributed by atoms with E-state index < -0.39 is 5.91 Å². The summed E-state index contributed by atoms with van der Waals surface area (Å²) in [6.45, 7) is 0. The molecule has 0 aliphatic rings. The molecule has 0 bridgehead atoms. The summed E-state index contributed by atoms with van der Waals surface area (Å²) in [5.41, 5.74) is 0.458. The van der Waals surface area contributed by atoms with Crippen LogP contribution in [0.15, 0.2) is 64.8 Å². The van der Waals surface area contributed by atoms with Crippen molar-refractivity contribution >= 4 is 17.7 Å². The third kappa shape index (κ3) is 4.11. The Morgan fingerprint density at radius 3 is 2.67 bits per heavy atom. The smallest absolute Gasteiger partial charge is 0.266 e. The predicted octanol–water partition coefficient (Wildman–Crippen LogP) is 3.09. The van der Waals surface area contributed by atoms with Crippen molar-refractivity contribution in [2.75, 3.05) is 5.32 Å². The Kier molecular flexibility index (Phi) is 4.57. The Morgan fingerprint density at radius 1 is 1.29 bits per heavy atom. The number of furan rings is 1. The van der Waals surface area contributed by atoms with Crippen LogP contribution < -0.4 is 5.32 Å². The molecular weight excluding hydrogens is 268 g/mol. The third-order valence-corrected chi connectivity index (χ3v) is 2.56. The zero-order valence-corrected chi connectivity index (χ0v) is 11.0. The summed E-state index contributed by atoms with van der Waals surface area (Å²) in [6.07, 6.45) is 6.14. The molecule has 21 heavy (non-hydrogen) atoms. The highest BCUT2D eigenvalue weighted by molar-refractivity contribution is 6.06. The second kappa shape index (κ2) is 6.78. The molecule has 0 aliphatic heterocycles. The summed E-state index contributed by atoms with van der Waals surface area (Å²) in [6, 6.07) is 11.3. The fourth-order valence-electron chi connectivity index (χ4n) is 1.53. The Hall–Kier alpha value is -3.26. The van der Waals surface area contributed by atoms with Crippen molar-refractivity contribution in [2.45, 2.75) is 0 Å². The molecule has 0 unspecified atom stereocenters. The van der Waals surface area contributed by atoms with Gasteiger partial charge in [-0.1, -0.05) is 6.08 Å². The van der Waals surface area contributed by atoms with Crippen LogP contribution in [0.5, 0.6) is 5.75 Å². The van der Waals surface area contributed by atoms with Gasteiger partial charge in [0.1, 0.15) is 23.2 Å². The topological polar surface area (TPSA) is 86.3 Å². The Labute approximate surface area is 121 Å². The number of amides is 1. The molecule has 0 saturated heterocycles. The number of benzene rings is 1. The van der Waals surface area contributed by atoms with E-state index in [0.717, 1.165) is 0 Å². The molecule has 0 fully saturated rings. The summed E-state index contributed by atoms with van der Waals surface area (Å²) >= 11 is 0. The predicted molar refractivity (Wildman–Crippen MR) is 78.2 cm³/mol. The van der Waals surface area contributed by atoms with Crippen LogP contribution in [-0.4, -0.2) is 11.0 Å². The van der Waals surface area contributed by atoms with E-state index in [0.29, 0.717) is 11.4 Å². The Balaban J connectivity index is 2.04. The van der Waals surface area contributed by atoms with E-state index in [1.54, 1.807) is 36.4 Å². The average Bonchev–Trinajstić information content (AvgIpc) is 2.99. The van der Waals surface area contributed by atoms with Gasteiger partial charge < -0.3 is 14.8 Å². The molecule has 0 radical (unpaired) electrons. The van der Waals surface area contributed by atoms with Gasteiger partial charge in [0.2, 0.25) is 0 Å². The normalized spacial score (nSPS) is 11.3. The molecule has 0 saturated carbocycles. The first-order valence-electron chi connectivity index (χ1n) is 6.11. The first kappa shape index (κ1) is 14.2. The summed E-state index contributed by atoms with van der Waals surface area (Å²) in [5, 5.41) is 20.7. The first-order valence-corrected chi connectivity index (χ1v) is 6.11. The minimum Gasteiger partial charge on any atom is -0.508 e. The minimum atomic E-state index is -0.521.